The smallest absolute Gasteiger partial charge is 0.0882 e. The predicted octanol–water partition coefficient (Wildman–Crippen LogP) is 2.65. The second-order valence-electron chi connectivity index (χ2n) is 2.77. The van der Waals surface area contributed by atoms with Gasteiger partial charge in [0.1, 0.15) is 0 Å². The van der Waals surface area contributed by atoms with Crippen LogP contribution in [0.3, 0.4) is 0 Å². The molecule has 0 aliphatic rings. The fraction of sp³-hybridized carbons (Fsp3) is 0. The molecule has 0 saturated carbocycles. The predicted molar refractivity (Wildman–Crippen MR) is 53.3 cm³/mol. The van der Waals surface area contributed by atoms with E-state index in [0.29, 0.717) is 5.56 Å². The molecule has 0 spiro atoms. The van der Waals surface area contributed by atoms with Crippen LogP contribution in [0.5, 0.6) is 0 Å². The van der Waals surface area contributed by atoms with Gasteiger partial charge in [-0.2, -0.15) is 0 Å². The number of fused-ring (bicyclic) bond motifs is 1. The third kappa shape index (κ3) is 1.51. The van der Waals surface area contributed by atoms with E-state index >= 15 is 0 Å². The normalized spacial score (nSPS) is 12.9. The summed E-state index contributed by atoms with van der Waals surface area (Å²) in [5.41, 5.74) is 0.617. The average Bonchev–Trinajstić information content (AvgIpc) is 2.27. The standard InChI is InChI=1S/C11H9NO/c13-12-8-9-5-6-10-3-1-2-4-11(10)7-9/h1-8,13H/b12-8+/i8D. The summed E-state index contributed by atoms with van der Waals surface area (Å²) in [5, 5.41) is 13.5. The van der Waals surface area contributed by atoms with Gasteiger partial charge in [-0.05, 0) is 22.4 Å². The molecule has 0 aliphatic heterocycles. The Bertz CT molecular complexity index is 493. The van der Waals surface area contributed by atoms with Crippen LogP contribution in [0.1, 0.15) is 6.93 Å². The van der Waals surface area contributed by atoms with Gasteiger partial charge in [-0.25, -0.2) is 0 Å². The molecule has 0 aliphatic carbocycles. The van der Waals surface area contributed by atoms with Crippen molar-refractivity contribution < 1.29 is 6.58 Å². The Morgan fingerprint density at radius 3 is 2.69 bits per heavy atom. The minimum absolute atomic E-state index is 0.115. The molecule has 13 heavy (non-hydrogen) atoms. The summed E-state index contributed by atoms with van der Waals surface area (Å²) >= 11 is 0. The molecule has 2 heteroatoms. The Labute approximate surface area is 77.5 Å². The van der Waals surface area contributed by atoms with Crippen LogP contribution in [-0.2, 0) is 0 Å². The monoisotopic (exact) mass is 172 g/mol. The summed E-state index contributed by atoms with van der Waals surface area (Å²) in [6.07, 6.45) is -0.115. The minimum Gasteiger partial charge on any atom is -0.411 e. The second kappa shape index (κ2) is 3.27. The highest BCUT2D eigenvalue weighted by Gasteiger charge is 1.92. The maximum Gasteiger partial charge on any atom is 0.0882 e. The van der Waals surface area contributed by atoms with Gasteiger partial charge in [0.15, 0.2) is 0 Å². The molecule has 0 aromatic heterocycles. The average molecular weight is 172 g/mol. The molecule has 2 aromatic rings. The Morgan fingerprint density at radius 1 is 1.15 bits per heavy atom. The van der Waals surface area contributed by atoms with Crippen LogP contribution in [0.15, 0.2) is 47.6 Å². The van der Waals surface area contributed by atoms with Crippen molar-refractivity contribution in [2.75, 3.05) is 0 Å². The first-order chi connectivity index (χ1) is 6.81. The molecule has 0 bridgehead atoms. The van der Waals surface area contributed by atoms with Gasteiger partial charge in [0.05, 0.1) is 7.56 Å². The van der Waals surface area contributed by atoms with E-state index in [1.165, 1.54) is 0 Å². The van der Waals surface area contributed by atoms with E-state index in [-0.39, 0.29) is 6.19 Å². The van der Waals surface area contributed by atoms with Gasteiger partial charge in [0.25, 0.3) is 0 Å². The van der Waals surface area contributed by atoms with E-state index in [9.17, 15) is 0 Å². The summed E-state index contributed by atoms with van der Waals surface area (Å²) < 4.78 is 7.34. The fourth-order valence-corrected chi connectivity index (χ4v) is 1.32. The van der Waals surface area contributed by atoms with Crippen LogP contribution in [-0.4, -0.2) is 11.4 Å². The van der Waals surface area contributed by atoms with Crippen LogP contribution in [0, 0.1) is 0 Å². The van der Waals surface area contributed by atoms with Crippen molar-refractivity contribution in [2.24, 2.45) is 5.16 Å². The van der Waals surface area contributed by atoms with Gasteiger partial charge in [-0.15, -0.1) is 0 Å². The van der Waals surface area contributed by atoms with Crippen molar-refractivity contribution in [1.29, 1.82) is 0 Å². The van der Waals surface area contributed by atoms with E-state index in [1.54, 1.807) is 6.07 Å². The van der Waals surface area contributed by atoms with Gasteiger partial charge in [0, 0.05) is 0 Å². The molecule has 2 aromatic carbocycles. The molecular formula is C11H9NO. The molecule has 0 heterocycles. The third-order valence-corrected chi connectivity index (χ3v) is 1.93. The summed E-state index contributed by atoms with van der Waals surface area (Å²) in [6, 6.07) is 13.4. The Kier molecular flexibility index (Phi) is 1.68. The Balaban J connectivity index is 2.62. The molecule has 0 fully saturated rings. The largest absolute Gasteiger partial charge is 0.411 e. The zero-order chi connectivity index (χ0) is 9.97. The van der Waals surface area contributed by atoms with Gasteiger partial charge >= 0.3 is 0 Å². The number of benzene rings is 2. The van der Waals surface area contributed by atoms with E-state index in [4.69, 9.17) is 6.58 Å². The van der Waals surface area contributed by atoms with Crippen LogP contribution in [0.4, 0.5) is 0 Å². The topological polar surface area (TPSA) is 32.6 Å². The van der Waals surface area contributed by atoms with Crippen LogP contribution in [0.2, 0.25) is 0 Å². The molecule has 0 amide bonds. The first kappa shape index (κ1) is 6.66. The summed E-state index contributed by atoms with van der Waals surface area (Å²) in [4.78, 5) is 0. The minimum atomic E-state index is -0.115. The van der Waals surface area contributed by atoms with Crippen molar-refractivity contribution in [1.82, 2.24) is 0 Å². The molecule has 0 radical (unpaired) electrons. The third-order valence-electron chi connectivity index (χ3n) is 1.93. The number of hydrogen-bond donors (Lipinski definition) is 1. The van der Waals surface area contributed by atoms with Gasteiger partial charge < -0.3 is 5.21 Å². The van der Waals surface area contributed by atoms with E-state index in [1.807, 2.05) is 36.4 Å². The lowest BCUT2D eigenvalue weighted by Gasteiger charge is -1.97. The first-order valence-electron chi connectivity index (χ1n) is 4.49. The highest BCUT2D eigenvalue weighted by Crippen LogP contribution is 2.14. The van der Waals surface area contributed by atoms with E-state index in [2.05, 4.69) is 5.16 Å². The SMILES string of the molecule is [2H]/C(=N\O)c1ccc2ccccc2c1. The highest BCUT2D eigenvalue weighted by molar-refractivity contribution is 5.90. The van der Waals surface area contributed by atoms with Crippen LogP contribution < -0.4 is 0 Å². The fourth-order valence-electron chi connectivity index (χ4n) is 1.32. The molecule has 2 rings (SSSR count). The summed E-state index contributed by atoms with van der Waals surface area (Å²) in [5.74, 6) is 0. The quantitative estimate of drug-likeness (QED) is 0.400. The Morgan fingerprint density at radius 2 is 1.92 bits per heavy atom. The lowest BCUT2D eigenvalue weighted by Crippen LogP contribution is -1.80. The van der Waals surface area contributed by atoms with Crippen molar-refractivity contribution >= 4 is 17.0 Å². The Hall–Kier alpha value is -1.83. The molecule has 0 unspecified atom stereocenters. The zero-order valence-corrected chi connectivity index (χ0v) is 6.94. The molecular weight excluding hydrogens is 162 g/mol. The maximum atomic E-state index is 8.46. The zero-order valence-electron chi connectivity index (χ0n) is 7.94. The van der Waals surface area contributed by atoms with Crippen molar-refractivity contribution in [3.05, 3.63) is 48.0 Å². The van der Waals surface area contributed by atoms with Crippen molar-refractivity contribution in [2.45, 2.75) is 0 Å². The van der Waals surface area contributed by atoms with Crippen molar-refractivity contribution in [3.8, 4) is 0 Å². The number of hydrogen-bond acceptors (Lipinski definition) is 2. The van der Waals surface area contributed by atoms with E-state index < -0.39 is 0 Å². The number of rotatable bonds is 1. The summed E-state index contributed by atoms with van der Waals surface area (Å²) in [7, 11) is 0. The lowest BCUT2D eigenvalue weighted by molar-refractivity contribution is 0.322. The lowest BCUT2D eigenvalue weighted by atomic mass is 10.1. The van der Waals surface area contributed by atoms with Gasteiger partial charge in [-0.1, -0.05) is 41.6 Å². The molecule has 2 nitrogen and oxygen atoms in total. The van der Waals surface area contributed by atoms with Crippen LogP contribution >= 0.6 is 0 Å². The molecule has 0 saturated heterocycles. The highest BCUT2D eigenvalue weighted by atomic mass is 16.4. The molecule has 1 N–H and O–H groups in total. The molecule has 0 atom stereocenters. The first-order valence-corrected chi connectivity index (χ1v) is 3.99. The maximum absolute atomic E-state index is 8.46. The van der Waals surface area contributed by atoms with E-state index in [0.717, 1.165) is 10.8 Å². The van der Waals surface area contributed by atoms with Crippen LogP contribution in [0.25, 0.3) is 10.8 Å². The second-order valence-corrected chi connectivity index (χ2v) is 2.77. The number of nitrogens with zero attached hydrogens (tertiary/aromatic N) is 1. The number of oxime groups is 1. The summed E-state index contributed by atoms with van der Waals surface area (Å²) in [6.45, 7) is 0. The molecule has 64 valence electrons. The van der Waals surface area contributed by atoms with Gasteiger partial charge in [-0.3, -0.25) is 0 Å². The van der Waals surface area contributed by atoms with Gasteiger partial charge in [0.2, 0.25) is 0 Å². The van der Waals surface area contributed by atoms with Crippen molar-refractivity contribution in [3.63, 3.8) is 0 Å².